The van der Waals surface area contributed by atoms with Gasteiger partial charge in [0.2, 0.25) is 0 Å². The third kappa shape index (κ3) is 7.55. The molecule has 0 nitrogen and oxygen atoms in total. The van der Waals surface area contributed by atoms with Gasteiger partial charge in [0.25, 0.3) is 0 Å². The Labute approximate surface area is 219 Å². The molecule has 4 rings (SSSR count). The largest absolute Gasteiger partial charge is 0.206 e. The van der Waals surface area contributed by atoms with Crippen molar-refractivity contribution in [2.45, 2.75) is 103 Å². The van der Waals surface area contributed by atoms with E-state index in [2.05, 4.69) is 68.4 Å². The summed E-state index contributed by atoms with van der Waals surface area (Å²) < 4.78 is 15.1. The zero-order chi connectivity index (χ0) is 25.2. The second kappa shape index (κ2) is 13.8. The van der Waals surface area contributed by atoms with Crippen LogP contribution in [0.5, 0.6) is 0 Å². The summed E-state index contributed by atoms with van der Waals surface area (Å²) in [5, 5.41) is 0. The van der Waals surface area contributed by atoms with Gasteiger partial charge in [-0.3, -0.25) is 0 Å². The molecule has 0 amide bonds. The minimum absolute atomic E-state index is 0.0765. The van der Waals surface area contributed by atoms with Crippen molar-refractivity contribution in [3.63, 3.8) is 0 Å². The second-order valence-electron chi connectivity index (χ2n) is 11.1. The molecule has 0 N–H and O–H groups in total. The topological polar surface area (TPSA) is 0 Å². The maximum atomic E-state index is 15.1. The van der Waals surface area contributed by atoms with Crippen LogP contribution in [0.1, 0.15) is 106 Å². The Morgan fingerprint density at radius 3 is 1.81 bits per heavy atom. The molecule has 0 unspecified atom stereocenters. The van der Waals surface area contributed by atoms with E-state index in [-0.39, 0.29) is 5.82 Å². The van der Waals surface area contributed by atoms with Crippen LogP contribution in [0.4, 0.5) is 4.39 Å². The van der Waals surface area contributed by atoms with E-state index in [1.807, 2.05) is 12.1 Å². The summed E-state index contributed by atoms with van der Waals surface area (Å²) in [6.45, 7) is 4.53. The van der Waals surface area contributed by atoms with Crippen molar-refractivity contribution >= 4 is 0 Å². The van der Waals surface area contributed by atoms with Gasteiger partial charge in [-0.05, 0) is 97.1 Å². The first kappa shape index (κ1) is 26.6. The molecule has 0 radical (unpaired) electrons. The highest BCUT2D eigenvalue weighted by Crippen LogP contribution is 2.38. The van der Waals surface area contributed by atoms with Crippen LogP contribution in [0.3, 0.4) is 0 Å². The Morgan fingerprint density at radius 1 is 0.639 bits per heavy atom. The van der Waals surface area contributed by atoms with Crippen molar-refractivity contribution < 1.29 is 4.39 Å². The highest BCUT2D eigenvalue weighted by molar-refractivity contribution is 5.65. The molecule has 3 aromatic rings. The maximum Gasteiger partial charge on any atom is 0.131 e. The lowest BCUT2D eigenvalue weighted by molar-refractivity contribution is 0.304. The van der Waals surface area contributed by atoms with E-state index in [1.165, 1.54) is 92.9 Å². The van der Waals surface area contributed by atoms with Crippen LogP contribution in [-0.2, 0) is 19.3 Å². The van der Waals surface area contributed by atoms with Crippen molar-refractivity contribution in [2.75, 3.05) is 0 Å². The number of hydrogen-bond acceptors (Lipinski definition) is 0. The lowest BCUT2D eigenvalue weighted by atomic mass is 9.77. The molecule has 3 aromatic carbocycles. The number of unbranched alkanes of at least 4 members (excludes halogenated alkanes) is 3. The van der Waals surface area contributed by atoms with Crippen molar-refractivity contribution in [1.82, 2.24) is 0 Å². The monoisotopic (exact) mass is 484 g/mol. The van der Waals surface area contributed by atoms with Gasteiger partial charge in [-0.25, -0.2) is 4.39 Å². The summed E-state index contributed by atoms with van der Waals surface area (Å²) in [7, 11) is 0. The predicted octanol–water partition coefficient (Wildman–Crippen LogP) is 10.5. The second-order valence-corrected chi connectivity index (χ2v) is 11.1. The normalized spacial score (nSPS) is 17.9. The van der Waals surface area contributed by atoms with Crippen molar-refractivity contribution in [3.8, 4) is 11.1 Å². The molecule has 36 heavy (non-hydrogen) atoms. The molecular weight excluding hydrogens is 439 g/mol. The molecule has 0 aliphatic heterocycles. The minimum atomic E-state index is -0.0765. The predicted molar refractivity (Wildman–Crippen MR) is 153 cm³/mol. The first-order valence-electron chi connectivity index (χ1n) is 14.6. The summed E-state index contributed by atoms with van der Waals surface area (Å²) in [6.07, 6.45) is 16.2. The zero-order valence-electron chi connectivity index (χ0n) is 22.6. The highest BCUT2D eigenvalue weighted by atomic mass is 19.1. The Hall–Kier alpha value is -2.41. The van der Waals surface area contributed by atoms with Gasteiger partial charge in [-0.15, -0.1) is 0 Å². The molecule has 192 valence electrons. The zero-order valence-corrected chi connectivity index (χ0v) is 22.6. The van der Waals surface area contributed by atoms with E-state index < -0.39 is 0 Å². The Morgan fingerprint density at radius 2 is 1.22 bits per heavy atom. The summed E-state index contributed by atoms with van der Waals surface area (Å²) in [5.74, 6) is 1.34. The molecule has 1 aliphatic rings. The number of rotatable bonds is 12. The van der Waals surface area contributed by atoms with E-state index in [9.17, 15) is 0 Å². The summed E-state index contributed by atoms with van der Waals surface area (Å²) in [5.41, 5.74) is 7.03. The van der Waals surface area contributed by atoms with E-state index >= 15 is 4.39 Å². The molecule has 0 heterocycles. The summed E-state index contributed by atoms with van der Waals surface area (Å²) in [4.78, 5) is 0. The fraction of sp³-hybridized carbons (Fsp3) is 0.486. The summed E-state index contributed by atoms with van der Waals surface area (Å²) in [6, 6.07) is 23.6. The van der Waals surface area contributed by atoms with Gasteiger partial charge >= 0.3 is 0 Å². The van der Waals surface area contributed by atoms with Crippen molar-refractivity contribution in [3.05, 3.63) is 94.8 Å². The molecule has 0 bridgehead atoms. The minimum Gasteiger partial charge on any atom is -0.206 e. The number of benzene rings is 3. The average Bonchev–Trinajstić information content (AvgIpc) is 2.92. The molecule has 1 heteroatoms. The van der Waals surface area contributed by atoms with Crippen LogP contribution in [0.25, 0.3) is 11.1 Å². The van der Waals surface area contributed by atoms with Crippen LogP contribution in [0, 0.1) is 11.7 Å². The standard InChI is InChI=1S/C35H45F/c1-3-5-7-9-28-10-12-29(13-11-28)14-15-30-18-22-32(23-19-30)34-25-24-33(26-35(34)36)31-20-16-27(17-21-31)8-6-4-2/h10-13,18-19,22-27,31H,3-9,14-17,20-21H2,1-2H3. The molecule has 0 atom stereocenters. The SMILES string of the molecule is CCCCCc1ccc(CCc2ccc(-c3ccc(C4CCC(CCCC)CC4)cc3F)cc2)cc1. The number of aryl methyl sites for hydroxylation is 3. The van der Waals surface area contributed by atoms with Gasteiger partial charge in [-0.1, -0.05) is 107 Å². The summed E-state index contributed by atoms with van der Waals surface area (Å²) >= 11 is 0. The van der Waals surface area contributed by atoms with Gasteiger partial charge in [0.05, 0.1) is 0 Å². The Balaban J connectivity index is 1.30. The van der Waals surface area contributed by atoms with Gasteiger partial charge < -0.3 is 0 Å². The third-order valence-electron chi connectivity index (χ3n) is 8.34. The van der Waals surface area contributed by atoms with Crippen molar-refractivity contribution in [1.29, 1.82) is 0 Å². The van der Waals surface area contributed by atoms with E-state index in [0.717, 1.165) is 29.9 Å². The number of halogens is 1. The van der Waals surface area contributed by atoms with E-state index in [4.69, 9.17) is 0 Å². The molecule has 0 saturated heterocycles. The van der Waals surface area contributed by atoms with Gasteiger partial charge in [0.1, 0.15) is 5.82 Å². The maximum absolute atomic E-state index is 15.1. The fourth-order valence-corrected chi connectivity index (χ4v) is 5.89. The lowest BCUT2D eigenvalue weighted by Gasteiger charge is -2.29. The molecule has 1 saturated carbocycles. The first-order valence-corrected chi connectivity index (χ1v) is 14.6. The van der Waals surface area contributed by atoms with Crippen LogP contribution >= 0.6 is 0 Å². The van der Waals surface area contributed by atoms with Crippen LogP contribution in [-0.4, -0.2) is 0 Å². The van der Waals surface area contributed by atoms with Crippen molar-refractivity contribution in [2.24, 2.45) is 5.92 Å². The molecule has 0 aromatic heterocycles. The molecule has 0 spiro atoms. The Bertz CT molecular complexity index is 1040. The van der Waals surface area contributed by atoms with Crippen LogP contribution in [0.2, 0.25) is 0 Å². The molecular formula is C35H45F. The van der Waals surface area contributed by atoms with Crippen LogP contribution < -0.4 is 0 Å². The molecule has 1 fully saturated rings. The van der Waals surface area contributed by atoms with Gasteiger partial charge in [0, 0.05) is 5.56 Å². The first-order chi connectivity index (χ1) is 17.7. The Kier molecular flexibility index (Phi) is 10.2. The third-order valence-corrected chi connectivity index (χ3v) is 8.34. The molecule has 1 aliphatic carbocycles. The quantitative estimate of drug-likeness (QED) is 0.224. The number of hydrogen-bond donors (Lipinski definition) is 0. The smallest absolute Gasteiger partial charge is 0.131 e. The van der Waals surface area contributed by atoms with Gasteiger partial charge in [0.15, 0.2) is 0 Å². The van der Waals surface area contributed by atoms with Gasteiger partial charge in [-0.2, -0.15) is 0 Å². The average molecular weight is 485 g/mol. The van der Waals surface area contributed by atoms with E-state index in [0.29, 0.717) is 5.92 Å². The lowest BCUT2D eigenvalue weighted by Crippen LogP contribution is -2.13. The highest BCUT2D eigenvalue weighted by Gasteiger charge is 2.22. The fourth-order valence-electron chi connectivity index (χ4n) is 5.89. The van der Waals surface area contributed by atoms with E-state index in [1.54, 1.807) is 0 Å². The van der Waals surface area contributed by atoms with Crippen LogP contribution in [0.15, 0.2) is 66.7 Å².